The fourth-order valence-electron chi connectivity index (χ4n) is 5.11. The van der Waals surface area contributed by atoms with Gasteiger partial charge >= 0.3 is 6.03 Å². The van der Waals surface area contributed by atoms with Crippen LogP contribution in [0.1, 0.15) is 34.5 Å². The number of carbonyl (C=O) groups excluding carboxylic acids is 3. The Bertz CT molecular complexity index is 1660. The van der Waals surface area contributed by atoms with Gasteiger partial charge in [-0.1, -0.05) is 6.58 Å². The van der Waals surface area contributed by atoms with E-state index >= 15 is 0 Å². The van der Waals surface area contributed by atoms with E-state index in [2.05, 4.69) is 37.5 Å². The molecule has 3 N–H and O–H groups in total. The Morgan fingerprint density at radius 1 is 1.15 bits per heavy atom. The van der Waals surface area contributed by atoms with Gasteiger partial charge in [0.25, 0.3) is 5.91 Å². The van der Waals surface area contributed by atoms with Crippen molar-refractivity contribution in [3.63, 3.8) is 0 Å². The highest BCUT2D eigenvalue weighted by Crippen LogP contribution is 2.46. The number of amides is 4. The Labute approximate surface area is 233 Å². The molecule has 5 heterocycles. The van der Waals surface area contributed by atoms with E-state index in [4.69, 9.17) is 4.74 Å². The van der Waals surface area contributed by atoms with Crippen LogP contribution in [0.25, 0.3) is 10.2 Å². The van der Waals surface area contributed by atoms with Crippen molar-refractivity contribution < 1.29 is 19.1 Å². The monoisotopic (exact) mass is 555 g/mol. The Morgan fingerprint density at radius 2 is 1.98 bits per heavy atom. The molecule has 0 radical (unpaired) electrons. The van der Waals surface area contributed by atoms with Crippen LogP contribution < -0.4 is 25.6 Å². The average molecular weight is 556 g/mol. The van der Waals surface area contributed by atoms with Crippen molar-refractivity contribution in [2.45, 2.75) is 38.3 Å². The molecule has 202 valence electrons. The van der Waals surface area contributed by atoms with Gasteiger partial charge in [-0.2, -0.15) is 0 Å². The first-order valence-corrected chi connectivity index (χ1v) is 13.6. The molecular weight excluding hydrogens is 530 g/mol. The maximum absolute atomic E-state index is 13.5. The third-order valence-electron chi connectivity index (χ3n) is 6.95. The summed E-state index contributed by atoms with van der Waals surface area (Å²) in [7, 11) is 0. The largest absolute Gasteiger partial charge is 0.437 e. The summed E-state index contributed by atoms with van der Waals surface area (Å²) < 4.78 is 5.79. The van der Waals surface area contributed by atoms with Crippen LogP contribution in [0.2, 0.25) is 0 Å². The molecule has 1 aliphatic carbocycles. The van der Waals surface area contributed by atoms with Crippen molar-refractivity contribution >= 4 is 56.5 Å². The van der Waals surface area contributed by atoms with Gasteiger partial charge in [0.05, 0.1) is 34.8 Å². The molecule has 1 saturated carbocycles. The molecule has 40 heavy (non-hydrogen) atoms. The van der Waals surface area contributed by atoms with Gasteiger partial charge in [0.2, 0.25) is 11.8 Å². The lowest BCUT2D eigenvalue weighted by atomic mass is 10.1. The lowest BCUT2D eigenvalue weighted by Crippen LogP contribution is -2.48. The number of ether oxygens (including phenoxy) is 1. The van der Waals surface area contributed by atoms with E-state index in [1.807, 2.05) is 6.92 Å². The van der Waals surface area contributed by atoms with Crippen LogP contribution >= 0.6 is 11.3 Å². The summed E-state index contributed by atoms with van der Waals surface area (Å²) >= 11 is 1.21. The van der Waals surface area contributed by atoms with Crippen molar-refractivity contribution in [3.8, 4) is 11.6 Å². The third kappa shape index (κ3) is 4.62. The van der Waals surface area contributed by atoms with E-state index in [9.17, 15) is 14.4 Å². The zero-order valence-electron chi connectivity index (χ0n) is 21.5. The molecular formula is C28H25N7O4S. The molecule has 12 heteroatoms. The number of anilines is 3. The zero-order valence-corrected chi connectivity index (χ0v) is 22.3. The van der Waals surface area contributed by atoms with Crippen LogP contribution in [0.4, 0.5) is 21.9 Å². The Balaban J connectivity index is 1.30. The van der Waals surface area contributed by atoms with Crippen LogP contribution in [0.5, 0.6) is 11.6 Å². The molecule has 0 bridgehead atoms. The summed E-state index contributed by atoms with van der Waals surface area (Å²) in [6, 6.07) is 6.21. The standard InChI is InChI=1S/C28H25N7O4S/c1-3-21(36)32-17-7-4-8-18(17)33-26(37)25-24-23-19(9-11-30-27(23)40-25)35(28(38)34-24)20-14-31-22(12-15(20)2)39-16-6-5-10-29-13-16/h3,5-6,9-14,17-18H,1,4,7-8H2,2H3,(H,32,36)(H,33,37)(H,34,38)/t17-,18+/m0/s1. The number of hydrogen-bond acceptors (Lipinski definition) is 8. The van der Waals surface area contributed by atoms with Crippen LogP contribution in [0, 0.1) is 6.92 Å². The number of rotatable bonds is 7. The highest BCUT2D eigenvalue weighted by Gasteiger charge is 2.35. The number of carbonyl (C=O) groups is 3. The molecule has 2 atom stereocenters. The van der Waals surface area contributed by atoms with E-state index in [-0.39, 0.29) is 23.9 Å². The number of hydrogen-bond donors (Lipinski definition) is 3. The Hall–Kier alpha value is -4.84. The lowest BCUT2D eigenvalue weighted by Gasteiger charge is -2.29. The van der Waals surface area contributed by atoms with E-state index in [0.29, 0.717) is 43.8 Å². The average Bonchev–Trinajstić information content (AvgIpc) is 3.55. The zero-order chi connectivity index (χ0) is 27.8. The second kappa shape index (κ2) is 10.4. The Morgan fingerprint density at radius 3 is 2.73 bits per heavy atom. The van der Waals surface area contributed by atoms with Crippen LogP contribution in [0.15, 0.2) is 61.7 Å². The molecule has 0 saturated heterocycles. The van der Waals surface area contributed by atoms with Crippen molar-refractivity contribution in [3.05, 3.63) is 72.1 Å². The van der Waals surface area contributed by atoms with Gasteiger partial charge in [-0.05, 0) is 56.0 Å². The van der Waals surface area contributed by atoms with Gasteiger partial charge in [0.15, 0.2) is 0 Å². The van der Waals surface area contributed by atoms with Crippen LogP contribution in [0.3, 0.4) is 0 Å². The first kappa shape index (κ1) is 25.4. The topological polar surface area (TPSA) is 138 Å². The normalized spacial score (nSPS) is 17.8. The summed E-state index contributed by atoms with van der Waals surface area (Å²) in [6.45, 7) is 5.36. The summed E-state index contributed by atoms with van der Waals surface area (Å²) in [5, 5.41) is 9.52. The van der Waals surface area contributed by atoms with Crippen LogP contribution in [-0.2, 0) is 4.79 Å². The SMILES string of the molecule is C=CC(=O)N[C@H]1CCC[C@H]1NC(=O)c1sc2nccc3c2c1NC(=O)N3c1cnc(Oc2cccnc2)cc1C. The number of aryl methyl sites for hydroxylation is 1. The number of pyridine rings is 3. The molecule has 4 aromatic rings. The van der Waals surface area contributed by atoms with Crippen molar-refractivity contribution in [2.75, 3.05) is 10.2 Å². The van der Waals surface area contributed by atoms with Gasteiger partial charge in [-0.3, -0.25) is 19.5 Å². The van der Waals surface area contributed by atoms with Gasteiger partial charge in [0.1, 0.15) is 15.5 Å². The molecule has 1 aliphatic heterocycles. The molecule has 0 unspecified atom stereocenters. The number of nitrogens with zero attached hydrogens (tertiary/aromatic N) is 4. The summed E-state index contributed by atoms with van der Waals surface area (Å²) in [5.74, 6) is 0.327. The van der Waals surface area contributed by atoms with Crippen molar-refractivity contribution in [1.29, 1.82) is 0 Å². The third-order valence-corrected chi connectivity index (χ3v) is 8.05. The second-order valence-corrected chi connectivity index (χ2v) is 10.5. The fraction of sp³-hybridized carbons (Fsp3) is 0.214. The molecule has 4 aromatic heterocycles. The number of urea groups is 1. The molecule has 6 rings (SSSR count). The predicted octanol–water partition coefficient (Wildman–Crippen LogP) is 4.82. The van der Waals surface area contributed by atoms with Gasteiger partial charge in [0, 0.05) is 30.5 Å². The van der Waals surface area contributed by atoms with E-state index in [0.717, 1.165) is 24.8 Å². The van der Waals surface area contributed by atoms with E-state index in [1.54, 1.807) is 49.1 Å². The molecule has 0 aromatic carbocycles. The lowest BCUT2D eigenvalue weighted by molar-refractivity contribution is -0.117. The van der Waals surface area contributed by atoms with E-state index < -0.39 is 6.03 Å². The van der Waals surface area contributed by atoms with E-state index in [1.165, 1.54) is 22.3 Å². The quantitative estimate of drug-likeness (QED) is 0.278. The van der Waals surface area contributed by atoms with Crippen molar-refractivity contribution in [2.24, 2.45) is 0 Å². The predicted molar refractivity (Wildman–Crippen MR) is 151 cm³/mol. The van der Waals surface area contributed by atoms with Gasteiger partial charge < -0.3 is 20.7 Å². The van der Waals surface area contributed by atoms with Gasteiger partial charge in [-0.25, -0.2) is 14.8 Å². The van der Waals surface area contributed by atoms with Crippen molar-refractivity contribution in [1.82, 2.24) is 25.6 Å². The smallest absolute Gasteiger partial charge is 0.331 e. The number of thiophene rings is 1. The summed E-state index contributed by atoms with van der Waals surface area (Å²) in [5.41, 5.74) is 2.35. The maximum atomic E-state index is 13.5. The Kier molecular flexibility index (Phi) is 6.60. The molecule has 1 fully saturated rings. The molecule has 11 nitrogen and oxygen atoms in total. The van der Waals surface area contributed by atoms with Gasteiger partial charge in [-0.15, -0.1) is 11.3 Å². The first-order chi connectivity index (χ1) is 19.4. The fourth-order valence-corrected chi connectivity index (χ4v) is 6.13. The summed E-state index contributed by atoms with van der Waals surface area (Å²) in [4.78, 5) is 54.2. The second-order valence-electron chi connectivity index (χ2n) is 9.51. The minimum atomic E-state index is -0.421. The number of nitrogens with one attached hydrogen (secondary N) is 3. The highest BCUT2D eigenvalue weighted by atomic mass is 32.1. The molecule has 2 aliphatic rings. The highest BCUT2D eigenvalue weighted by molar-refractivity contribution is 7.21. The molecule has 4 amide bonds. The first-order valence-electron chi connectivity index (χ1n) is 12.7. The maximum Gasteiger partial charge on any atom is 0.331 e. The minimum Gasteiger partial charge on any atom is -0.437 e. The number of aromatic nitrogens is 3. The summed E-state index contributed by atoms with van der Waals surface area (Å²) in [6.07, 6.45) is 10.0. The molecule has 0 spiro atoms. The van der Waals surface area contributed by atoms with Crippen LogP contribution in [-0.4, -0.2) is 44.9 Å². The minimum absolute atomic E-state index is 0.181.